The van der Waals surface area contributed by atoms with Crippen molar-refractivity contribution in [2.75, 3.05) is 79.3 Å². The van der Waals surface area contributed by atoms with Gasteiger partial charge < -0.3 is 43.0 Å². The quantitative estimate of drug-likeness (QED) is 0.139. The van der Waals surface area contributed by atoms with Gasteiger partial charge in [-0.25, -0.2) is 16.8 Å². The summed E-state index contributed by atoms with van der Waals surface area (Å²) >= 11 is 0. The first-order chi connectivity index (χ1) is 15.5. The molecular weight excluding hydrogens is 594 g/mol. The van der Waals surface area contributed by atoms with E-state index < -0.39 is 31.3 Å². The number of alkyl halides is 6. The van der Waals surface area contributed by atoms with Crippen molar-refractivity contribution in [1.29, 1.82) is 0 Å². The second kappa shape index (κ2) is 23.3. The van der Waals surface area contributed by atoms with E-state index in [-0.39, 0.29) is 43.2 Å². The fourth-order valence-electron chi connectivity index (χ4n) is 1.32. The van der Waals surface area contributed by atoms with Crippen LogP contribution in [0.4, 0.5) is 26.3 Å². The molecule has 0 spiro atoms. The Labute approximate surface area is 233 Å². The third kappa shape index (κ3) is 28.9. The molecule has 0 bridgehead atoms. The van der Waals surface area contributed by atoms with Gasteiger partial charge in [0, 0.05) is 0 Å². The fourth-order valence-corrected chi connectivity index (χ4v) is 1.32. The Morgan fingerprint density at radius 2 is 0.528 bits per heavy atom. The summed E-state index contributed by atoms with van der Waals surface area (Å²) in [5.41, 5.74) is -11.3. The Bertz CT molecular complexity index is 588. The van der Waals surface area contributed by atoms with Crippen LogP contribution in [-0.4, -0.2) is 159 Å². The summed E-state index contributed by atoms with van der Waals surface area (Å²) in [5.74, 6) is 0. The minimum absolute atomic E-state index is 0. The van der Waals surface area contributed by atoms with Crippen molar-refractivity contribution < 1.29 is 86.2 Å². The minimum Gasteiger partial charge on any atom is -0.741 e. The van der Waals surface area contributed by atoms with Gasteiger partial charge in [-0.1, -0.05) is 0 Å². The zero-order valence-electron chi connectivity index (χ0n) is 18.7. The zero-order valence-corrected chi connectivity index (χ0v) is 22.5. The fraction of sp³-hybridized carbons (Fsp3) is 1.00. The molecule has 0 aromatic rings. The van der Waals surface area contributed by atoms with Crippen LogP contribution < -0.4 is 0 Å². The molecule has 1 heterocycles. The summed E-state index contributed by atoms with van der Waals surface area (Å²) in [6.07, 6.45) is 0. The molecule has 0 aromatic carbocycles. The van der Waals surface area contributed by atoms with E-state index in [0.717, 1.165) is 0 Å². The molecule has 1 fully saturated rings. The number of hydrogen-bond donors (Lipinski definition) is 0. The van der Waals surface area contributed by atoms with Crippen LogP contribution in [0.1, 0.15) is 0 Å². The summed E-state index contributed by atoms with van der Waals surface area (Å²) in [5, 5.41) is 0. The molecule has 13 nitrogen and oxygen atoms in total. The molecular formula is C14H26CaF6O13S2. The van der Waals surface area contributed by atoms with Crippen LogP contribution in [-0.2, 0) is 48.7 Å². The Morgan fingerprint density at radius 1 is 0.444 bits per heavy atom. The number of rotatable bonds is 0. The van der Waals surface area contributed by atoms with Crippen LogP contribution in [0.15, 0.2) is 0 Å². The van der Waals surface area contributed by atoms with E-state index in [9.17, 15) is 26.3 Å². The smallest absolute Gasteiger partial charge is 0.741 e. The third-order valence-corrected chi connectivity index (χ3v) is 3.93. The van der Waals surface area contributed by atoms with Crippen LogP contribution in [0, 0.1) is 0 Å². The molecule has 0 unspecified atom stereocenters. The largest absolute Gasteiger partial charge is 2.00 e. The van der Waals surface area contributed by atoms with Gasteiger partial charge in [0.1, 0.15) is 0 Å². The van der Waals surface area contributed by atoms with Crippen molar-refractivity contribution in [3.63, 3.8) is 0 Å². The van der Waals surface area contributed by atoms with Crippen molar-refractivity contribution in [2.45, 2.75) is 11.0 Å². The molecule has 1 rings (SSSR count). The van der Waals surface area contributed by atoms with Crippen LogP contribution in [0.3, 0.4) is 0 Å². The van der Waals surface area contributed by atoms with Crippen molar-refractivity contribution in [1.82, 2.24) is 0 Å². The Hall–Kier alpha value is 0.380. The van der Waals surface area contributed by atoms with E-state index in [1.54, 1.807) is 0 Å². The molecule has 22 heteroatoms. The first-order valence-electron chi connectivity index (χ1n) is 9.01. The molecule has 1 aliphatic rings. The Kier molecular flexibility index (Phi) is 28.1. The predicted octanol–water partition coefficient (Wildman–Crippen LogP) is -1.00. The zero-order chi connectivity index (χ0) is 26.7. The van der Waals surface area contributed by atoms with E-state index >= 15 is 0 Å². The molecule has 0 saturated carbocycles. The molecule has 0 amide bonds. The maximum atomic E-state index is 10.7. The van der Waals surface area contributed by atoms with Gasteiger partial charge in [-0.2, -0.15) is 26.3 Å². The summed E-state index contributed by atoms with van der Waals surface area (Å²) in [6.45, 7) is 7.04. The summed E-state index contributed by atoms with van der Waals surface area (Å²) < 4.78 is 150. The second-order valence-corrected chi connectivity index (χ2v) is 8.22. The number of hydrogen-bond acceptors (Lipinski definition) is 12. The first-order valence-corrected chi connectivity index (χ1v) is 11.8. The molecule has 0 aliphatic carbocycles. The molecule has 1 aliphatic heterocycles. The van der Waals surface area contributed by atoms with Crippen LogP contribution in [0.25, 0.3) is 0 Å². The molecule has 0 aromatic heterocycles. The average molecular weight is 621 g/mol. The Balaban J connectivity index is -0.000000240. The summed E-state index contributed by atoms with van der Waals surface area (Å²) in [6, 6.07) is 0. The third-order valence-electron chi connectivity index (χ3n) is 2.80. The van der Waals surface area contributed by atoms with Gasteiger partial charge >= 0.3 is 48.8 Å². The topological polar surface area (TPSA) is 201 Å². The number of halogens is 6. The van der Waals surface area contributed by atoms with E-state index in [1.807, 2.05) is 0 Å². The average Bonchev–Trinajstić information content (AvgIpc) is 2.66. The number of ether oxygens (including phenoxy) is 6. The van der Waals surface area contributed by atoms with Crippen molar-refractivity contribution in [3.05, 3.63) is 0 Å². The standard InChI is InChI=1S/C12H24O6.2CHF3O3S.Ca.H2O/c1-2-14-5-6-16-9-10-18-12-11-17-8-7-15-4-3-13-1;2*2-1(3,4)8(5,6)7;;/h1-12H2;2*(H,5,6,7);;1H2/q;;;+2;/p-2. The van der Waals surface area contributed by atoms with E-state index in [1.165, 1.54) is 0 Å². The second-order valence-electron chi connectivity index (χ2n) is 5.47. The van der Waals surface area contributed by atoms with E-state index in [2.05, 4.69) is 0 Å². The van der Waals surface area contributed by atoms with Gasteiger partial charge in [0.25, 0.3) is 0 Å². The summed E-state index contributed by atoms with van der Waals surface area (Å²) in [4.78, 5) is 0. The predicted molar refractivity (Wildman–Crippen MR) is 106 cm³/mol. The van der Waals surface area contributed by atoms with Crippen molar-refractivity contribution in [2.24, 2.45) is 0 Å². The van der Waals surface area contributed by atoms with Gasteiger partial charge in [-0.3, -0.25) is 0 Å². The van der Waals surface area contributed by atoms with Gasteiger partial charge in [-0.05, 0) is 0 Å². The van der Waals surface area contributed by atoms with E-state index in [4.69, 9.17) is 54.4 Å². The molecule has 0 atom stereocenters. The van der Waals surface area contributed by atoms with E-state index in [0.29, 0.717) is 79.3 Å². The maximum absolute atomic E-state index is 10.7. The van der Waals surface area contributed by atoms with Gasteiger partial charge in [0.05, 0.1) is 79.3 Å². The van der Waals surface area contributed by atoms with Gasteiger partial charge in [0.2, 0.25) is 0 Å². The van der Waals surface area contributed by atoms with Crippen LogP contribution >= 0.6 is 0 Å². The van der Waals surface area contributed by atoms with Crippen molar-refractivity contribution >= 4 is 58.0 Å². The first kappa shape index (κ1) is 43.4. The van der Waals surface area contributed by atoms with Crippen LogP contribution in [0.5, 0.6) is 0 Å². The van der Waals surface area contributed by atoms with Crippen molar-refractivity contribution in [3.8, 4) is 0 Å². The molecule has 0 radical (unpaired) electrons. The minimum atomic E-state index is -6.09. The van der Waals surface area contributed by atoms with Crippen LogP contribution in [0.2, 0.25) is 0 Å². The SMILES string of the molecule is C1COCCOCCOCCOCCOCCO1.O.O=S(=O)([O-])C(F)(F)F.O=S(=O)([O-])C(F)(F)F.[Ca+2]. The maximum Gasteiger partial charge on any atom is 2.00 e. The Morgan fingerprint density at radius 3 is 0.583 bits per heavy atom. The normalized spacial score (nSPS) is 18.2. The molecule has 2 N–H and O–H groups in total. The molecule has 36 heavy (non-hydrogen) atoms. The molecule has 1 saturated heterocycles. The monoisotopic (exact) mass is 620 g/mol. The summed E-state index contributed by atoms with van der Waals surface area (Å²) in [7, 11) is -12.2. The molecule has 216 valence electrons. The van der Waals surface area contributed by atoms with Gasteiger partial charge in [0.15, 0.2) is 20.2 Å². The van der Waals surface area contributed by atoms with Gasteiger partial charge in [-0.15, -0.1) is 0 Å².